The van der Waals surface area contributed by atoms with Crippen molar-refractivity contribution >= 4 is 0 Å². The van der Waals surface area contributed by atoms with Crippen LogP contribution in [-0.4, -0.2) is 29.5 Å². The fourth-order valence-electron chi connectivity index (χ4n) is 2.68. The van der Waals surface area contributed by atoms with E-state index in [1.807, 2.05) is 18.2 Å². The maximum atomic E-state index is 12.0. The number of hydrogen-bond donors (Lipinski definition) is 2. The van der Waals surface area contributed by atoms with Gasteiger partial charge in [0.15, 0.2) is 0 Å². The van der Waals surface area contributed by atoms with E-state index < -0.39 is 0 Å². The number of aromatic nitrogens is 1. The molecule has 20 heavy (non-hydrogen) atoms. The van der Waals surface area contributed by atoms with Crippen LogP contribution in [0.1, 0.15) is 30.9 Å². The third-order valence-corrected chi connectivity index (χ3v) is 4.06. The lowest BCUT2D eigenvalue weighted by atomic mass is 9.98. The predicted octanol–water partition coefficient (Wildman–Crippen LogP) is 1.66. The highest BCUT2D eigenvalue weighted by Crippen LogP contribution is 2.18. The van der Waals surface area contributed by atoms with Crippen molar-refractivity contribution in [2.24, 2.45) is 11.7 Å². The van der Waals surface area contributed by atoms with Gasteiger partial charge in [-0.3, -0.25) is 9.69 Å². The van der Waals surface area contributed by atoms with E-state index >= 15 is 0 Å². The third-order valence-electron chi connectivity index (χ3n) is 4.06. The highest BCUT2D eigenvalue weighted by Gasteiger charge is 2.17. The molecule has 4 heteroatoms. The molecule has 3 N–H and O–H groups in total. The Morgan fingerprint density at radius 3 is 2.85 bits per heavy atom. The van der Waals surface area contributed by atoms with E-state index in [0.717, 1.165) is 36.7 Å². The van der Waals surface area contributed by atoms with Gasteiger partial charge in [-0.25, -0.2) is 0 Å². The Balaban J connectivity index is 2.08. The van der Waals surface area contributed by atoms with E-state index in [1.54, 1.807) is 6.20 Å². The maximum Gasteiger partial charge on any atom is 0.251 e. The third kappa shape index (κ3) is 4.05. The van der Waals surface area contributed by atoms with Crippen LogP contribution < -0.4 is 11.3 Å². The number of allylic oxidation sites excluding steroid dienone is 1. The lowest BCUT2D eigenvalue weighted by Gasteiger charge is -2.30. The Morgan fingerprint density at radius 1 is 1.40 bits per heavy atom. The first-order chi connectivity index (χ1) is 9.70. The standard InChI is InChI=1S/C16H25N3O/c1-13-6-10-19(11-7-13)12-14-5-9-18-16(20)15(14)4-2-3-8-17/h2-3,5,9,13H,4,6-8,10-12,17H2,1H3,(H,18,20). The normalized spacial score (nSPS) is 17.9. The second-order valence-electron chi connectivity index (χ2n) is 5.68. The van der Waals surface area contributed by atoms with Crippen molar-refractivity contribution in [2.75, 3.05) is 19.6 Å². The Kier molecular flexibility index (Phi) is 5.56. The Morgan fingerprint density at radius 2 is 2.15 bits per heavy atom. The number of nitrogens with two attached hydrogens (primary N) is 1. The van der Waals surface area contributed by atoms with E-state index in [1.165, 1.54) is 12.8 Å². The van der Waals surface area contributed by atoms with Crippen molar-refractivity contribution < 1.29 is 0 Å². The van der Waals surface area contributed by atoms with Gasteiger partial charge in [-0.2, -0.15) is 0 Å². The number of hydrogen-bond acceptors (Lipinski definition) is 3. The molecule has 4 nitrogen and oxygen atoms in total. The van der Waals surface area contributed by atoms with Gasteiger partial charge in [0, 0.05) is 24.8 Å². The summed E-state index contributed by atoms with van der Waals surface area (Å²) in [6.45, 7) is 5.97. The number of rotatable bonds is 5. The van der Waals surface area contributed by atoms with Gasteiger partial charge >= 0.3 is 0 Å². The minimum Gasteiger partial charge on any atom is -0.329 e. The minimum absolute atomic E-state index is 0.0227. The number of pyridine rings is 1. The first-order valence-electron chi connectivity index (χ1n) is 7.47. The van der Waals surface area contributed by atoms with Gasteiger partial charge < -0.3 is 10.7 Å². The molecule has 1 aliphatic rings. The molecule has 0 radical (unpaired) electrons. The van der Waals surface area contributed by atoms with Crippen LogP contribution in [0.3, 0.4) is 0 Å². The molecule has 0 unspecified atom stereocenters. The van der Waals surface area contributed by atoms with Crippen LogP contribution >= 0.6 is 0 Å². The van der Waals surface area contributed by atoms with E-state index in [9.17, 15) is 4.79 Å². The highest BCUT2D eigenvalue weighted by molar-refractivity contribution is 5.25. The summed E-state index contributed by atoms with van der Waals surface area (Å²) in [7, 11) is 0. The molecule has 2 rings (SSSR count). The van der Waals surface area contributed by atoms with Crippen LogP contribution in [0.5, 0.6) is 0 Å². The van der Waals surface area contributed by atoms with Crippen LogP contribution in [0.4, 0.5) is 0 Å². The molecule has 1 aliphatic heterocycles. The molecule has 0 aliphatic carbocycles. The summed E-state index contributed by atoms with van der Waals surface area (Å²) in [5, 5.41) is 0. The minimum atomic E-state index is 0.0227. The zero-order chi connectivity index (χ0) is 14.4. The van der Waals surface area contributed by atoms with Gasteiger partial charge in [0.1, 0.15) is 0 Å². The van der Waals surface area contributed by atoms with Crippen LogP contribution in [0, 0.1) is 5.92 Å². The molecule has 2 heterocycles. The molecule has 110 valence electrons. The molecular formula is C16H25N3O. The fraction of sp³-hybridized carbons (Fsp3) is 0.562. The van der Waals surface area contributed by atoms with Crippen molar-refractivity contribution in [1.82, 2.24) is 9.88 Å². The van der Waals surface area contributed by atoms with Crippen LogP contribution in [0.2, 0.25) is 0 Å². The Hall–Kier alpha value is -1.39. The van der Waals surface area contributed by atoms with Gasteiger partial charge in [-0.15, -0.1) is 0 Å². The van der Waals surface area contributed by atoms with Crippen molar-refractivity contribution in [1.29, 1.82) is 0 Å². The van der Waals surface area contributed by atoms with Gasteiger partial charge in [0.2, 0.25) is 0 Å². The lowest BCUT2D eigenvalue weighted by Crippen LogP contribution is -2.33. The van der Waals surface area contributed by atoms with E-state index in [2.05, 4.69) is 16.8 Å². The number of nitrogens with zero attached hydrogens (tertiary/aromatic N) is 1. The van der Waals surface area contributed by atoms with Gasteiger partial charge in [0.25, 0.3) is 5.56 Å². The molecule has 0 saturated carbocycles. The predicted molar refractivity (Wildman–Crippen MR) is 82.6 cm³/mol. The number of aromatic amines is 1. The second-order valence-corrected chi connectivity index (χ2v) is 5.68. The molecule has 0 aromatic carbocycles. The first-order valence-corrected chi connectivity index (χ1v) is 7.47. The largest absolute Gasteiger partial charge is 0.329 e. The van der Waals surface area contributed by atoms with Crippen LogP contribution in [-0.2, 0) is 13.0 Å². The van der Waals surface area contributed by atoms with E-state index in [0.29, 0.717) is 13.0 Å². The lowest BCUT2D eigenvalue weighted by molar-refractivity contribution is 0.185. The quantitative estimate of drug-likeness (QED) is 0.803. The number of nitrogens with one attached hydrogen (secondary N) is 1. The molecule has 0 bridgehead atoms. The molecule has 0 atom stereocenters. The van der Waals surface area contributed by atoms with Crippen LogP contribution in [0.25, 0.3) is 0 Å². The van der Waals surface area contributed by atoms with Crippen molar-refractivity contribution in [2.45, 2.75) is 32.7 Å². The average molecular weight is 275 g/mol. The molecule has 1 aromatic heterocycles. The second kappa shape index (κ2) is 7.41. The SMILES string of the molecule is CC1CCN(Cc2cc[nH]c(=O)c2CC=CCN)CC1. The number of likely N-dealkylation sites (tertiary alicyclic amines) is 1. The van der Waals surface area contributed by atoms with E-state index in [4.69, 9.17) is 5.73 Å². The molecule has 0 spiro atoms. The van der Waals surface area contributed by atoms with E-state index in [-0.39, 0.29) is 5.56 Å². The summed E-state index contributed by atoms with van der Waals surface area (Å²) in [6.07, 6.45) is 8.80. The highest BCUT2D eigenvalue weighted by atomic mass is 16.1. The van der Waals surface area contributed by atoms with Crippen molar-refractivity contribution in [3.63, 3.8) is 0 Å². The monoisotopic (exact) mass is 275 g/mol. The van der Waals surface area contributed by atoms with Crippen molar-refractivity contribution in [3.05, 3.63) is 45.9 Å². The zero-order valence-electron chi connectivity index (χ0n) is 12.3. The summed E-state index contributed by atoms with van der Waals surface area (Å²) in [6, 6.07) is 2.03. The fourth-order valence-corrected chi connectivity index (χ4v) is 2.68. The Bertz CT molecular complexity index is 499. The number of H-pyrrole nitrogens is 1. The molecule has 1 fully saturated rings. The molecule has 1 aromatic rings. The van der Waals surface area contributed by atoms with Crippen molar-refractivity contribution in [3.8, 4) is 0 Å². The molecule has 1 saturated heterocycles. The summed E-state index contributed by atoms with van der Waals surface area (Å²) < 4.78 is 0. The topological polar surface area (TPSA) is 62.1 Å². The number of piperidine rings is 1. The van der Waals surface area contributed by atoms with Gasteiger partial charge in [-0.1, -0.05) is 19.1 Å². The first kappa shape index (κ1) is 15.0. The van der Waals surface area contributed by atoms with Gasteiger partial charge in [0.05, 0.1) is 0 Å². The smallest absolute Gasteiger partial charge is 0.251 e. The molecule has 0 amide bonds. The zero-order valence-corrected chi connectivity index (χ0v) is 12.3. The summed E-state index contributed by atoms with van der Waals surface area (Å²) in [5.74, 6) is 0.831. The maximum absolute atomic E-state index is 12.0. The summed E-state index contributed by atoms with van der Waals surface area (Å²) in [5.41, 5.74) is 7.49. The average Bonchev–Trinajstić information content (AvgIpc) is 2.44. The van der Waals surface area contributed by atoms with Gasteiger partial charge in [-0.05, 0) is 49.9 Å². The van der Waals surface area contributed by atoms with Crippen LogP contribution in [0.15, 0.2) is 29.2 Å². The summed E-state index contributed by atoms with van der Waals surface area (Å²) in [4.78, 5) is 17.2. The Labute approximate surface area is 120 Å². The molecular weight excluding hydrogens is 250 g/mol. The summed E-state index contributed by atoms with van der Waals surface area (Å²) >= 11 is 0.